The Morgan fingerprint density at radius 3 is 1.40 bits per heavy atom. The number of aromatic nitrogens is 2. The third-order valence-corrected chi connectivity index (χ3v) is 13.9. The highest BCUT2D eigenvalue weighted by molar-refractivity contribution is 6.35. The number of aromatic amines is 2. The number of nitrogens with one attached hydrogen (secondary N) is 2. The van der Waals surface area contributed by atoms with Crippen molar-refractivity contribution in [1.29, 1.82) is 0 Å². The SMILES string of the molecule is CCCCC1C2=N/C(=C(/c3ccccc3)C3=NC(=C(c4ccccc4)c4[nH]c(c(CC)c4CC)C(CCCC)c4[nH]c1c(CC)c4CC)C(CC)=C3CC)C(CC)=C2CC. The third kappa shape index (κ3) is 7.51. The summed E-state index contributed by atoms with van der Waals surface area (Å²) in [7, 11) is 0. The van der Waals surface area contributed by atoms with E-state index in [-0.39, 0.29) is 11.8 Å². The molecule has 2 atom stereocenters. The van der Waals surface area contributed by atoms with E-state index in [0.29, 0.717) is 0 Å². The van der Waals surface area contributed by atoms with Crippen LogP contribution in [-0.4, -0.2) is 21.4 Å². The molecule has 2 aromatic carbocycles. The largest absolute Gasteiger partial charge is 0.361 e. The third-order valence-electron chi connectivity index (χ3n) is 13.9. The molecule has 316 valence electrons. The average Bonchev–Trinajstić information content (AvgIpc) is 4.05. The van der Waals surface area contributed by atoms with Crippen LogP contribution in [0.15, 0.2) is 104 Å². The lowest BCUT2D eigenvalue weighted by Gasteiger charge is -2.21. The quantitative estimate of drug-likeness (QED) is 0.113. The van der Waals surface area contributed by atoms with Gasteiger partial charge in [0.05, 0.1) is 28.5 Å². The normalized spacial score (nSPS) is 19.2. The number of unbranched alkanes of at least 4 members (excludes halogenated alkanes) is 2. The predicted molar refractivity (Wildman–Crippen MR) is 259 cm³/mol. The summed E-state index contributed by atoms with van der Waals surface area (Å²) in [4.78, 5) is 20.7. The zero-order valence-corrected chi connectivity index (χ0v) is 38.7. The average molecular weight is 801 g/mol. The number of hydrogen-bond donors (Lipinski definition) is 2. The molecular weight excluding hydrogens is 729 g/mol. The molecule has 0 saturated carbocycles. The van der Waals surface area contributed by atoms with Gasteiger partial charge < -0.3 is 9.97 Å². The van der Waals surface area contributed by atoms with Crippen molar-refractivity contribution in [2.45, 2.75) is 171 Å². The minimum Gasteiger partial charge on any atom is -0.361 e. The Balaban J connectivity index is 1.75. The van der Waals surface area contributed by atoms with Gasteiger partial charge in [-0.05, 0) is 120 Å². The molecule has 0 radical (unpaired) electrons. The van der Waals surface area contributed by atoms with Gasteiger partial charge in [-0.3, -0.25) is 4.99 Å². The van der Waals surface area contributed by atoms with E-state index in [1.165, 1.54) is 108 Å². The van der Waals surface area contributed by atoms with Crippen LogP contribution in [0.25, 0.3) is 11.1 Å². The summed E-state index contributed by atoms with van der Waals surface area (Å²) in [6.45, 7) is 23.6. The molecule has 4 heteroatoms. The van der Waals surface area contributed by atoms with Gasteiger partial charge in [0.15, 0.2) is 0 Å². The number of benzene rings is 2. The number of nitrogens with zero attached hydrogens (tertiary/aromatic N) is 2. The molecular formula is C56H72N4. The number of rotatable bonds is 16. The molecule has 0 amide bonds. The molecule has 3 aliphatic rings. The molecule has 4 nitrogen and oxygen atoms in total. The summed E-state index contributed by atoms with van der Waals surface area (Å²) in [5.41, 5.74) is 26.5. The number of H-pyrrole nitrogens is 2. The Morgan fingerprint density at radius 1 is 0.433 bits per heavy atom. The van der Waals surface area contributed by atoms with Gasteiger partial charge in [-0.25, -0.2) is 4.99 Å². The maximum Gasteiger partial charge on any atom is 0.0772 e. The smallest absolute Gasteiger partial charge is 0.0772 e. The lowest BCUT2D eigenvalue weighted by molar-refractivity contribution is 0.617. The molecule has 2 aromatic heterocycles. The van der Waals surface area contributed by atoms with Crippen LogP contribution in [0.3, 0.4) is 0 Å². The van der Waals surface area contributed by atoms with Crippen molar-refractivity contribution in [2.75, 3.05) is 0 Å². The van der Waals surface area contributed by atoms with Crippen LogP contribution in [0.5, 0.6) is 0 Å². The first-order chi connectivity index (χ1) is 29.4. The van der Waals surface area contributed by atoms with Crippen LogP contribution in [0.2, 0.25) is 0 Å². The van der Waals surface area contributed by atoms with Gasteiger partial charge in [0.25, 0.3) is 0 Å². The van der Waals surface area contributed by atoms with Gasteiger partial charge >= 0.3 is 0 Å². The monoisotopic (exact) mass is 801 g/mol. The molecule has 0 fully saturated rings. The fourth-order valence-corrected chi connectivity index (χ4v) is 11.1. The lowest BCUT2D eigenvalue weighted by atomic mass is 9.83. The second-order valence-corrected chi connectivity index (χ2v) is 17.0. The summed E-state index contributed by atoms with van der Waals surface area (Å²) in [5.74, 6) is 0.432. The summed E-state index contributed by atoms with van der Waals surface area (Å²) in [6, 6.07) is 22.3. The highest BCUT2D eigenvalue weighted by atomic mass is 14.9. The molecule has 4 aromatic rings. The maximum absolute atomic E-state index is 6.00. The van der Waals surface area contributed by atoms with Gasteiger partial charge in [0, 0.05) is 40.1 Å². The molecule has 2 unspecified atom stereocenters. The Bertz CT molecular complexity index is 2360. The zero-order chi connectivity index (χ0) is 42.5. The van der Waals surface area contributed by atoms with Gasteiger partial charge in [-0.15, -0.1) is 0 Å². The summed E-state index contributed by atoms with van der Waals surface area (Å²) >= 11 is 0. The number of fused-ring (bicyclic) bond motifs is 6. The molecule has 0 aliphatic carbocycles. The predicted octanol–water partition coefficient (Wildman–Crippen LogP) is 15.5. The number of hydrogen-bond acceptors (Lipinski definition) is 2. The van der Waals surface area contributed by atoms with E-state index in [4.69, 9.17) is 9.98 Å². The van der Waals surface area contributed by atoms with Crippen molar-refractivity contribution in [3.05, 3.63) is 151 Å². The Hall–Kier alpha value is -4.70. The highest BCUT2D eigenvalue weighted by Crippen LogP contribution is 2.49. The van der Waals surface area contributed by atoms with Gasteiger partial charge in [-0.1, -0.05) is 156 Å². The molecule has 7 rings (SSSR count). The highest BCUT2D eigenvalue weighted by Gasteiger charge is 2.38. The second kappa shape index (κ2) is 19.3. The van der Waals surface area contributed by atoms with Crippen molar-refractivity contribution in [3.63, 3.8) is 0 Å². The van der Waals surface area contributed by atoms with E-state index in [1.54, 1.807) is 0 Å². The number of aliphatic imine (C=N–C) groups is 2. The molecule has 0 spiro atoms. The molecule has 5 heterocycles. The van der Waals surface area contributed by atoms with Gasteiger partial charge in [0.1, 0.15) is 0 Å². The van der Waals surface area contributed by atoms with E-state index in [9.17, 15) is 0 Å². The summed E-state index contributed by atoms with van der Waals surface area (Å²) in [6.07, 6.45) is 14.5. The Kier molecular flexibility index (Phi) is 14.0. The lowest BCUT2D eigenvalue weighted by Crippen LogP contribution is -2.16. The van der Waals surface area contributed by atoms with E-state index in [1.807, 2.05) is 0 Å². The van der Waals surface area contributed by atoms with Crippen molar-refractivity contribution < 1.29 is 0 Å². The van der Waals surface area contributed by atoms with Crippen LogP contribution in [0.1, 0.15) is 201 Å². The van der Waals surface area contributed by atoms with E-state index >= 15 is 0 Å². The first-order valence-corrected chi connectivity index (χ1v) is 24.1. The van der Waals surface area contributed by atoms with Crippen molar-refractivity contribution in [1.82, 2.24) is 9.97 Å². The fourth-order valence-electron chi connectivity index (χ4n) is 11.1. The van der Waals surface area contributed by atoms with Crippen LogP contribution >= 0.6 is 0 Å². The van der Waals surface area contributed by atoms with Crippen LogP contribution in [0, 0.1) is 0 Å². The zero-order valence-electron chi connectivity index (χ0n) is 38.7. The first kappa shape index (κ1) is 43.4. The molecule has 60 heavy (non-hydrogen) atoms. The Morgan fingerprint density at radius 2 is 0.883 bits per heavy atom. The topological polar surface area (TPSA) is 56.3 Å². The molecule has 0 saturated heterocycles. The van der Waals surface area contributed by atoms with Gasteiger partial charge in [0.2, 0.25) is 0 Å². The fraction of sp³-hybridized carbons (Fsp3) is 0.464. The van der Waals surface area contributed by atoms with Gasteiger partial charge in [-0.2, -0.15) is 0 Å². The Labute approximate surface area is 362 Å². The minimum atomic E-state index is 0.193. The van der Waals surface area contributed by atoms with Crippen molar-refractivity contribution >= 4 is 22.6 Å². The standard InChI is InChI=1S/C56H72N4/c1-11-21-33-45-49-37(13-3)38(14-4)50(57-49)46(34-22-12-2)52-40(16-6)42(18-8)54(59-52)48(36-31-27-24-28-32-36)56-44(20-10)43(19-9)55(60-56)47(35-29-25-23-26-30-35)53-41(17-7)39(15-5)51(45)58-53/h23-32,45-46,57-58H,11-22,33-34H2,1-10H3/b54-48-,55-47?. The summed E-state index contributed by atoms with van der Waals surface area (Å²) in [5, 5.41) is 0. The second-order valence-electron chi connectivity index (χ2n) is 17.0. The minimum absolute atomic E-state index is 0.193. The van der Waals surface area contributed by atoms with E-state index < -0.39 is 0 Å². The first-order valence-electron chi connectivity index (χ1n) is 24.1. The van der Waals surface area contributed by atoms with Crippen LogP contribution in [0.4, 0.5) is 0 Å². The molecule has 2 N–H and O–H groups in total. The van der Waals surface area contributed by atoms with E-state index in [0.717, 1.165) is 94.2 Å². The molecule has 8 bridgehead atoms. The van der Waals surface area contributed by atoms with E-state index in [2.05, 4.69) is 140 Å². The van der Waals surface area contributed by atoms with Crippen LogP contribution in [-0.2, 0) is 25.7 Å². The maximum atomic E-state index is 6.00. The van der Waals surface area contributed by atoms with Crippen LogP contribution < -0.4 is 0 Å². The summed E-state index contributed by atoms with van der Waals surface area (Å²) < 4.78 is 0. The van der Waals surface area contributed by atoms with Crippen molar-refractivity contribution in [2.24, 2.45) is 9.98 Å². The van der Waals surface area contributed by atoms with Crippen molar-refractivity contribution in [3.8, 4) is 0 Å². The number of allylic oxidation sites excluding steroid dienone is 5. The molecule has 3 aliphatic heterocycles.